The molecule has 1 N–H and O–H groups in total. The smallest absolute Gasteiger partial charge is 0.344 e. The van der Waals surface area contributed by atoms with Crippen LogP contribution < -0.4 is 5.32 Å². The fourth-order valence-corrected chi connectivity index (χ4v) is 12.8. The third kappa shape index (κ3) is 13.5. The summed E-state index contributed by atoms with van der Waals surface area (Å²) in [6, 6.07) is 1.42. The maximum atomic E-state index is 14.8. The number of likely N-dealkylation sites (N-methyl/N-ethyl adjacent to an activating group) is 3. The van der Waals surface area contributed by atoms with Gasteiger partial charge in [-0.15, -0.1) is 0 Å². The first-order valence-electron chi connectivity index (χ1n) is 25.9. The maximum absolute atomic E-state index is 14.8. The fraction of sp³-hybridized carbons (Fsp3) is 0.712. The summed E-state index contributed by atoms with van der Waals surface area (Å²) in [5.74, 6) is -8.65. The SMILES string of the molecule is CC(=O)[C@H](CCCCCCCN(C)C(=O)[C@H](Cc1cc(Cl)ccc1-c1cnn(C2CS(=O)(=O)C2)c1)N(C)C(=O)[C@@H](C)CC(C)C)N(C)C(=O)[C@](C)(NC(=O)[C@@H]1C[C@@H](F)CN1C(=O)C1(C(F)(F)F)CC(F)(F)C1)C1CC1. The molecular weight excluding hydrogens is 1030 g/mol. The summed E-state index contributed by atoms with van der Waals surface area (Å²) in [4.78, 5) is 87.5. The zero-order valence-corrected chi connectivity index (χ0v) is 45.6. The number of ketones is 1. The molecule has 2 aromatic rings. The van der Waals surface area contributed by atoms with Gasteiger partial charge in [0.1, 0.15) is 23.8 Å². The van der Waals surface area contributed by atoms with E-state index >= 15 is 0 Å². The van der Waals surface area contributed by atoms with E-state index in [1.807, 2.05) is 26.8 Å². The molecule has 5 amide bonds. The number of amides is 5. The van der Waals surface area contributed by atoms with E-state index in [9.17, 15) is 63.5 Å². The van der Waals surface area contributed by atoms with E-state index in [-0.39, 0.29) is 59.8 Å². The third-order valence-corrected chi connectivity index (χ3v) is 17.7. The van der Waals surface area contributed by atoms with Gasteiger partial charge in [-0.3, -0.25) is 33.4 Å². The molecule has 4 aliphatic rings. The number of aromatic nitrogens is 2. The maximum Gasteiger partial charge on any atom is 0.403 e. The Kier molecular flexibility index (Phi) is 18.3. The van der Waals surface area contributed by atoms with Gasteiger partial charge in [0.2, 0.25) is 29.5 Å². The van der Waals surface area contributed by atoms with Crippen molar-refractivity contribution in [3.8, 4) is 11.1 Å². The number of hydrogen-bond donors (Lipinski definition) is 1. The first-order valence-corrected chi connectivity index (χ1v) is 28.1. The lowest BCUT2D eigenvalue weighted by Gasteiger charge is -2.48. The number of hydrogen-bond acceptors (Lipinski definition) is 9. The molecule has 15 nitrogen and oxygen atoms in total. The minimum absolute atomic E-state index is 0.000401. The van der Waals surface area contributed by atoms with E-state index in [4.69, 9.17) is 11.6 Å². The van der Waals surface area contributed by atoms with Crippen molar-refractivity contribution in [2.45, 2.75) is 166 Å². The summed E-state index contributed by atoms with van der Waals surface area (Å²) in [5, 5.41) is 7.45. The third-order valence-electron chi connectivity index (χ3n) is 15.7. The van der Waals surface area contributed by atoms with Crippen LogP contribution >= 0.6 is 11.6 Å². The molecule has 2 saturated heterocycles. The highest BCUT2D eigenvalue weighted by Crippen LogP contribution is 2.61. The number of nitrogens with one attached hydrogen (secondary N) is 1. The standard InChI is InChI=1S/C52H72ClF6N7O8S/c1-31(2)20-32(3)45(69)63(7)43(22-34-21-37(53)17-18-40(34)35-24-60-66(25-35)39-27-75(73,74)28-39)46(70)62(6)19-13-11-9-10-12-14-41(33(4)67)64(8)47(71)49(5,36-15-16-36)61-44(68)42-23-38(54)26-65(42)48(72)50(52(57,58)59)29-51(55,56)30-50/h17-18,21,24-25,31-32,36,38-39,41-43H,9-16,19-20,22-23,26-30H2,1-8H3,(H,61,68)/t32-,38+,41-,42-,43-,49+/m0/s1. The number of rotatable bonds is 24. The van der Waals surface area contributed by atoms with Crippen LogP contribution in [0.3, 0.4) is 0 Å². The quantitative estimate of drug-likeness (QED) is 0.0817. The zero-order chi connectivity index (χ0) is 55.7. The van der Waals surface area contributed by atoms with Gasteiger partial charge in [0.05, 0.1) is 36.3 Å². The van der Waals surface area contributed by atoms with Crippen LogP contribution in [0.15, 0.2) is 30.6 Å². The Bertz CT molecular complexity index is 2560. The summed E-state index contributed by atoms with van der Waals surface area (Å²) in [6.45, 7) is 8.11. The average molecular weight is 1100 g/mol. The molecule has 1 aromatic carbocycles. The molecule has 6 atom stereocenters. The number of benzene rings is 1. The largest absolute Gasteiger partial charge is 0.403 e. The zero-order valence-electron chi connectivity index (χ0n) is 44.0. The number of alkyl halides is 6. The summed E-state index contributed by atoms with van der Waals surface area (Å²) in [7, 11) is 1.64. The van der Waals surface area contributed by atoms with E-state index in [1.165, 1.54) is 30.7 Å². The molecule has 2 saturated carbocycles. The molecule has 75 heavy (non-hydrogen) atoms. The summed E-state index contributed by atoms with van der Waals surface area (Å²) < 4.78 is 110. The van der Waals surface area contributed by atoms with Crippen LogP contribution in [0, 0.1) is 23.2 Å². The van der Waals surface area contributed by atoms with Gasteiger partial charge in [-0.25, -0.2) is 21.6 Å². The van der Waals surface area contributed by atoms with E-state index in [2.05, 4.69) is 10.4 Å². The van der Waals surface area contributed by atoms with Crippen LogP contribution in [0.25, 0.3) is 11.1 Å². The van der Waals surface area contributed by atoms with Gasteiger partial charge >= 0.3 is 6.18 Å². The molecule has 4 fully saturated rings. The van der Waals surface area contributed by atoms with E-state index in [0.29, 0.717) is 79.0 Å². The average Bonchev–Trinajstić information content (AvgIpc) is 3.93. The monoisotopic (exact) mass is 1100 g/mol. The highest BCUT2D eigenvalue weighted by atomic mass is 35.5. The van der Waals surface area contributed by atoms with Crippen molar-refractivity contribution in [1.82, 2.24) is 34.7 Å². The van der Waals surface area contributed by atoms with Gasteiger partial charge < -0.3 is 24.9 Å². The molecule has 418 valence electrons. The van der Waals surface area contributed by atoms with Crippen molar-refractivity contribution in [2.24, 2.45) is 23.2 Å². The van der Waals surface area contributed by atoms with Gasteiger partial charge in [-0.1, -0.05) is 64.1 Å². The Hall–Kier alpha value is -4.73. The Balaban J connectivity index is 1.04. The summed E-state index contributed by atoms with van der Waals surface area (Å²) >= 11 is 6.53. The highest BCUT2D eigenvalue weighted by molar-refractivity contribution is 7.92. The number of unbranched alkanes of at least 4 members (excludes halogenated alkanes) is 4. The van der Waals surface area contributed by atoms with Crippen LogP contribution in [0.1, 0.15) is 123 Å². The number of nitrogens with zero attached hydrogens (tertiary/aromatic N) is 6. The van der Waals surface area contributed by atoms with E-state index in [1.54, 1.807) is 48.2 Å². The molecule has 0 unspecified atom stereocenters. The molecule has 3 heterocycles. The number of carbonyl (C=O) groups is 6. The van der Waals surface area contributed by atoms with Gasteiger partial charge in [0, 0.05) is 76.1 Å². The summed E-state index contributed by atoms with van der Waals surface area (Å²) in [6.07, 6.45) is -3.03. The molecule has 1 aromatic heterocycles. The first kappa shape index (κ1) is 59.5. The summed E-state index contributed by atoms with van der Waals surface area (Å²) in [5.41, 5.74) is -3.00. The second kappa shape index (κ2) is 23.1. The van der Waals surface area contributed by atoms with Crippen LogP contribution in [-0.2, 0) is 45.0 Å². The number of Topliss-reactive ketones (excluding diaryl/α,β-unsaturated/α-hetero) is 1. The van der Waals surface area contributed by atoms with E-state index < -0.39 is 107 Å². The topological polar surface area (TPSA) is 179 Å². The van der Waals surface area contributed by atoms with Gasteiger partial charge in [0.15, 0.2) is 21.0 Å². The van der Waals surface area contributed by atoms with Gasteiger partial charge in [-0.05, 0) is 81.0 Å². The van der Waals surface area contributed by atoms with Crippen LogP contribution in [0.5, 0.6) is 0 Å². The minimum atomic E-state index is -5.38. The first-order chi connectivity index (χ1) is 34.8. The fourth-order valence-electron chi connectivity index (χ4n) is 11.2. The van der Waals surface area contributed by atoms with Crippen molar-refractivity contribution >= 4 is 56.8 Å². The number of carbonyl (C=O) groups excluding carboxylic acids is 6. The minimum Gasteiger partial charge on any atom is -0.344 e. The predicted octanol–water partition coefficient (Wildman–Crippen LogP) is 7.64. The van der Waals surface area contributed by atoms with Crippen molar-refractivity contribution < 1.29 is 63.5 Å². The molecule has 0 radical (unpaired) electrons. The Morgan fingerprint density at radius 1 is 0.920 bits per heavy atom. The normalized spacial score (nSPS) is 22.0. The Morgan fingerprint density at radius 3 is 2.12 bits per heavy atom. The second-order valence-electron chi connectivity index (χ2n) is 22.4. The number of sulfone groups is 1. The molecule has 2 aliphatic heterocycles. The van der Waals surface area contributed by atoms with Gasteiger partial charge in [-0.2, -0.15) is 18.3 Å². The predicted molar refractivity (Wildman–Crippen MR) is 269 cm³/mol. The second-order valence-corrected chi connectivity index (χ2v) is 25.0. The Morgan fingerprint density at radius 2 is 1.55 bits per heavy atom. The molecule has 23 heteroatoms. The number of halogens is 7. The lowest BCUT2D eigenvalue weighted by Crippen LogP contribution is -2.66. The molecule has 0 spiro atoms. The van der Waals surface area contributed by atoms with Crippen molar-refractivity contribution in [1.29, 1.82) is 0 Å². The molecule has 6 rings (SSSR count). The van der Waals surface area contributed by atoms with Crippen LogP contribution in [0.4, 0.5) is 26.3 Å². The molecule has 2 aliphatic carbocycles. The van der Waals surface area contributed by atoms with Crippen molar-refractivity contribution in [2.75, 3.05) is 45.7 Å². The Labute approximate surface area is 440 Å². The lowest BCUT2D eigenvalue weighted by atomic mass is 9.64. The van der Waals surface area contributed by atoms with Crippen molar-refractivity contribution in [3.63, 3.8) is 0 Å². The highest BCUT2D eigenvalue weighted by Gasteiger charge is 2.75. The molecule has 0 bridgehead atoms. The van der Waals surface area contributed by atoms with Crippen LogP contribution in [0.2, 0.25) is 5.02 Å². The van der Waals surface area contributed by atoms with E-state index in [0.717, 1.165) is 5.56 Å². The lowest BCUT2D eigenvalue weighted by molar-refractivity contribution is -0.299. The van der Waals surface area contributed by atoms with Crippen molar-refractivity contribution in [3.05, 3.63) is 41.2 Å². The van der Waals surface area contributed by atoms with Gasteiger partial charge in [0.25, 0.3) is 5.92 Å². The number of likely N-dealkylation sites (tertiary alicyclic amines) is 1. The van der Waals surface area contributed by atoms with Crippen LogP contribution in [-0.4, -0.2) is 161 Å². The molecular formula is C52H72ClF6N7O8S.